The molecule has 0 amide bonds. The fourth-order valence-corrected chi connectivity index (χ4v) is 1.77. The van der Waals surface area contributed by atoms with Crippen LogP contribution in [-0.2, 0) is 14.4 Å². The van der Waals surface area contributed by atoms with Gasteiger partial charge in [0.1, 0.15) is 0 Å². The van der Waals surface area contributed by atoms with Crippen molar-refractivity contribution < 1.29 is 14.4 Å². The molecule has 1 aliphatic rings. The van der Waals surface area contributed by atoms with E-state index in [0.29, 0.717) is 18.0 Å². The van der Waals surface area contributed by atoms with E-state index in [1.165, 1.54) is 0 Å². The van der Waals surface area contributed by atoms with Crippen LogP contribution in [0.2, 0.25) is 0 Å². The molecule has 1 aliphatic heterocycles. The first-order valence-electron chi connectivity index (χ1n) is 5.51. The molecule has 2 heterocycles. The number of hydrogen-bond donors (Lipinski definition) is 1. The molecule has 0 bridgehead atoms. The van der Waals surface area contributed by atoms with Crippen molar-refractivity contribution in [3.05, 3.63) is 34.6 Å². The van der Waals surface area contributed by atoms with Crippen LogP contribution in [0.25, 0.3) is 5.70 Å². The van der Waals surface area contributed by atoms with E-state index >= 15 is 0 Å². The van der Waals surface area contributed by atoms with E-state index in [2.05, 4.69) is 26.4 Å². The topological polar surface area (TPSA) is 60.5 Å². The minimum atomic E-state index is -1.11. The average Bonchev–Trinajstić information content (AvgIpc) is 2.75. The first-order valence-corrected chi connectivity index (χ1v) is 6.30. The lowest BCUT2D eigenvalue weighted by atomic mass is 10.1. The molecule has 6 heteroatoms. The normalized spacial score (nSPS) is 22.3. The van der Waals surface area contributed by atoms with Crippen molar-refractivity contribution in [1.29, 1.82) is 0 Å². The number of hydroxylamine groups is 1. The molecular formula is C12H13BrN2O3. The van der Waals surface area contributed by atoms with Gasteiger partial charge in [-0.05, 0) is 48.0 Å². The second-order valence-corrected chi connectivity index (χ2v) is 4.87. The molecule has 0 saturated carbocycles. The summed E-state index contributed by atoms with van der Waals surface area (Å²) in [6.07, 6.45) is 3.35. The second-order valence-electron chi connectivity index (χ2n) is 3.95. The molecule has 1 unspecified atom stereocenters. The lowest BCUT2D eigenvalue weighted by Crippen LogP contribution is -2.37. The first-order chi connectivity index (χ1) is 8.55. The van der Waals surface area contributed by atoms with Gasteiger partial charge < -0.3 is 4.74 Å². The molecule has 1 atom stereocenters. The van der Waals surface area contributed by atoms with Gasteiger partial charge in [-0.25, -0.2) is 4.79 Å². The molecule has 0 aliphatic carbocycles. The first kappa shape index (κ1) is 13.0. The average molecular weight is 313 g/mol. The van der Waals surface area contributed by atoms with Crippen molar-refractivity contribution >= 4 is 27.6 Å². The summed E-state index contributed by atoms with van der Waals surface area (Å²) < 4.78 is 5.84. The highest BCUT2D eigenvalue weighted by atomic mass is 79.9. The Kier molecular flexibility index (Phi) is 3.68. The van der Waals surface area contributed by atoms with Gasteiger partial charge in [0.25, 0.3) is 0 Å². The zero-order valence-corrected chi connectivity index (χ0v) is 11.7. The number of aromatic nitrogens is 1. The van der Waals surface area contributed by atoms with E-state index < -0.39 is 11.6 Å². The standard InChI is InChI=1S/C12H13BrN2O3/c1-3-17-11(16)12(2)6-10(15-18-12)9-5-4-8(13)7-14-9/h4-7,15H,3H2,1-2H3. The largest absolute Gasteiger partial charge is 0.464 e. The van der Waals surface area contributed by atoms with Gasteiger partial charge in [0.2, 0.25) is 5.60 Å². The molecule has 1 N–H and O–H groups in total. The van der Waals surface area contributed by atoms with Gasteiger partial charge in [-0.3, -0.25) is 15.3 Å². The van der Waals surface area contributed by atoms with Crippen LogP contribution < -0.4 is 5.48 Å². The number of rotatable bonds is 3. The predicted molar refractivity (Wildman–Crippen MR) is 69.2 cm³/mol. The summed E-state index contributed by atoms with van der Waals surface area (Å²) in [6.45, 7) is 3.71. The summed E-state index contributed by atoms with van der Waals surface area (Å²) in [4.78, 5) is 21.2. The molecule has 0 fully saturated rings. The highest BCUT2D eigenvalue weighted by Crippen LogP contribution is 2.26. The van der Waals surface area contributed by atoms with Gasteiger partial charge >= 0.3 is 5.97 Å². The Morgan fingerprint density at radius 3 is 3.00 bits per heavy atom. The van der Waals surface area contributed by atoms with Gasteiger partial charge in [-0.15, -0.1) is 0 Å². The molecule has 0 aromatic carbocycles. The number of hydrogen-bond acceptors (Lipinski definition) is 5. The number of ether oxygens (including phenoxy) is 1. The highest BCUT2D eigenvalue weighted by Gasteiger charge is 2.39. The third-order valence-electron chi connectivity index (χ3n) is 2.48. The summed E-state index contributed by atoms with van der Waals surface area (Å²) >= 11 is 3.31. The van der Waals surface area contributed by atoms with Crippen LogP contribution in [-0.4, -0.2) is 23.2 Å². The molecule has 2 rings (SSSR count). The van der Waals surface area contributed by atoms with Crippen molar-refractivity contribution in [3.8, 4) is 0 Å². The van der Waals surface area contributed by atoms with E-state index in [9.17, 15) is 4.79 Å². The fourth-order valence-electron chi connectivity index (χ4n) is 1.53. The molecule has 1 aromatic rings. The van der Waals surface area contributed by atoms with Crippen molar-refractivity contribution in [2.24, 2.45) is 0 Å². The zero-order valence-electron chi connectivity index (χ0n) is 10.1. The van der Waals surface area contributed by atoms with Crippen molar-refractivity contribution in [1.82, 2.24) is 10.5 Å². The monoisotopic (exact) mass is 312 g/mol. The van der Waals surface area contributed by atoms with Crippen LogP contribution in [0.1, 0.15) is 19.5 Å². The third-order valence-corrected chi connectivity index (χ3v) is 2.95. The zero-order chi connectivity index (χ0) is 13.2. The van der Waals surface area contributed by atoms with E-state index in [1.54, 1.807) is 26.1 Å². The van der Waals surface area contributed by atoms with Crippen molar-refractivity contribution in [2.75, 3.05) is 6.61 Å². The minimum Gasteiger partial charge on any atom is -0.464 e. The Morgan fingerprint density at radius 2 is 2.39 bits per heavy atom. The highest BCUT2D eigenvalue weighted by molar-refractivity contribution is 9.10. The van der Waals surface area contributed by atoms with E-state index in [4.69, 9.17) is 9.57 Å². The SMILES string of the molecule is CCOC(=O)C1(C)C=C(c2ccc(Br)cn2)NO1. The maximum atomic E-state index is 11.7. The Hall–Kier alpha value is -1.40. The molecule has 0 saturated heterocycles. The summed E-state index contributed by atoms with van der Waals surface area (Å²) in [5, 5.41) is 0. The Balaban J connectivity index is 2.22. The lowest BCUT2D eigenvalue weighted by molar-refractivity contribution is -0.166. The van der Waals surface area contributed by atoms with Crippen molar-refractivity contribution in [2.45, 2.75) is 19.4 Å². The molecule has 0 spiro atoms. The molecule has 1 aromatic heterocycles. The predicted octanol–water partition coefficient (Wildman–Crippen LogP) is 2.04. The van der Waals surface area contributed by atoms with Gasteiger partial charge in [-0.2, -0.15) is 0 Å². The minimum absolute atomic E-state index is 0.317. The molecule has 96 valence electrons. The number of carbonyl (C=O) groups is 1. The molecule has 0 radical (unpaired) electrons. The van der Waals surface area contributed by atoms with Gasteiger partial charge in [0.05, 0.1) is 18.0 Å². The maximum absolute atomic E-state index is 11.7. The van der Waals surface area contributed by atoms with Crippen LogP contribution in [0.5, 0.6) is 0 Å². The van der Waals surface area contributed by atoms with E-state index in [0.717, 1.165) is 4.47 Å². The summed E-state index contributed by atoms with van der Waals surface area (Å²) in [7, 11) is 0. The van der Waals surface area contributed by atoms with Crippen LogP contribution in [0, 0.1) is 0 Å². The number of nitrogens with zero attached hydrogens (tertiary/aromatic N) is 1. The molecular weight excluding hydrogens is 300 g/mol. The number of carbonyl (C=O) groups excluding carboxylic acids is 1. The number of pyridine rings is 1. The third kappa shape index (κ3) is 2.54. The molecule has 5 nitrogen and oxygen atoms in total. The fraction of sp³-hybridized carbons (Fsp3) is 0.333. The Morgan fingerprint density at radius 1 is 1.61 bits per heavy atom. The van der Waals surface area contributed by atoms with Crippen LogP contribution in [0.15, 0.2) is 28.9 Å². The van der Waals surface area contributed by atoms with Gasteiger partial charge in [0, 0.05) is 10.7 Å². The van der Waals surface area contributed by atoms with E-state index in [1.807, 2.05) is 12.1 Å². The van der Waals surface area contributed by atoms with Crippen molar-refractivity contribution in [3.63, 3.8) is 0 Å². The Bertz CT molecular complexity index is 487. The number of nitrogens with one attached hydrogen (secondary N) is 1. The quantitative estimate of drug-likeness (QED) is 0.865. The summed E-state index contributed by atoms with van der Waals surface area (Å²) in [6, 6.07) is 3.69. The van der Waals surface area contributed by atoms with Gasteiger partial charge in [-0.1, -0.05) is 0 Å². The second kappa shape index (κ2) is 5.07. The number of halogens is 1. The van der Waals surface area contributed by atoms with Gasteiger partial charge in [0.15, 0.2) is 0 Å². The summed E-state index contributed by atoms with van der Waals surface area (Å²) in [5.74, 6) is -0.426. The smallest absolute Gasteiger partial charge is 0.345 e. The van der Waals surface area contributed by atoms with Crippen LogP contribution in [0.4, 0.5) is 0 Å². The molecule has 18 heavy (non-hydrogen) atoms. The van der Waals surface area contributed by atoms with Crippen LogP contribution in [0.3, 0.4) is 0 Å². The maximum Gasteiger partial charge on any atom is 0.345 e. The van der Waals surface area contributed by atoms with Crippen LogP contribution >= 0.6 is 15.9 Å². The van der Waals surface area contributed by atoms with E-state index in [-0.39, 0.29) is 0 Å². The Labute approximate surface area is 113 Å². The summed E-state index contributed by atoms with van der Waals surface area (Å²) in [5.41, 5.74) is 2.94. The number of esters is 1. The lowest BCUT2D eigenvalue weighted by Gasteiger charge is -2.17.